The summed E-state index contributed by atoms with van der Waals surface area (Å²) >= 11 is 12.3. The third kappa shape index (κ3) is 4.25. The van der Waals surface area contributed by atoms with Crippen molar-refractivity contribution in [3.63, 3.8) is 0 Å². The Morgan fingerprint density at radius 1 is 1.07 bits per heavy atom. The predicted octanol–water partition coefficient (Wildman–Crippen LogP) is 5.02. The number of hydrogen-bond donors (Lipinski definition) is 1. The molecule has 2 aromatic rings. The van der Waals surface area contributed by atoms with Crippen molar-refractivity contribution in [2.75, 3.05) is 19.6 Å². The first-order valence-electron chi connectivity index (χ1n) is 10.4. The number of benzene rings is 2. The third-order valence-electron chi connectivity index (χ3n) is 6.15. The summed E-state index contributed by atoms with van der Waals surface area (Å²) in [6, 6.07) is 13.9. The van der Waals surface area contributed by atoms with Gasteiger partial charge in [0.25, 0.3) is 0 Å². The Hall–Kier alpha value is -1.39. The molecule has 4 rings (SSSR count). The molecule has 1 atom stereocenters. The van der Waals surface area contributed by atoms with E-state index >= 15 is 0 Å². The van der Waals surface area contributed by atoms with Crippen molar-refractivity contribution in [2.24, 2.45) is 0 Å². The number of nitrogens with one attached hydrogen (secondary N) is 1. The van der Waals surface area contributed by atoms with Crippen LogP contribution < -0.4 is 5.32 Å². The maximum Gasteiger partial charge on any atom is 0.163 e. The zero-order valence-corrected chi connectivity index (χ0v) is 18.6. The van der Waals surface area contributed by atoms with Crippen molar-refractivity contribution < 1.29 is 4.79 Å². The molecular formula is C24H28Cl2N2O. The summed E-state index contributed by atoms with van der Waals surface area (Å²) < 4.78 is 0. The van der Waals surface area contributed by atoms with Gasteiger partial charge < -0.3 is 4.90 Å². The van der Waals surface area contributed by atoms with Crippen LogP contribution in [0.4, 0.5) is 0 Å². The number of ketones is 1. The van der Waals surface area contributed by atoms with Gasteiger partial charge >= 0.3 is 0 Å². The van der Waals surface area contributed by atoms with E-state index in [0.717, 1.165) is 30.6 Å². The van der Waals surface area contributed by atoms with Crippen LogP contribution in [0, 0.1) is 0 Å². The van der Waals surface area contributed by atoms with Gasteiger partial charge in [0.1, 0.15) is 5.54 Å². The summed E-state index contributed by atoms with van der Waals surface area (Å²) in [4.78, 5) is 16.4. The zero-order chi connectivity index (χ0) is 20.6. The molecule has 3 nitrogen and oxygen atoms in total. The average molecular weight is 431 g/mol. The number of hydrogen-bond acceptors (Lipinski definition) is 3. The lowest BCUT2D eigenvalue weighted by Crippen LogP contribution is -2.66. The Kier molecular flexibility index (Phi) is 5.78. The van der Waals surface area contributed by atoms with Crippen LogP contribution in [0.5, 0.6) is 0 Å². The van der Waals surface area contributed by atoms with Crippen LogP contribution in [0.3, 0.4) is 0 Å². The first kappa shape index (κ1) is 20.9. The molecule has 1 N–H and O–H groups in total. The maximum atomic E-state index is 14.0. The molecule has 2 heterocycles. The average Bonchev–Trinajstić information content (AvgIpc) is 3.16. The summed E-state index contributed by atoms with van der Waals surface area (Å²) in [5.41, 5.74) is 2.39. The summed E-state index contributed by atoms with van der Waals surface area (Å²) in [6.45, 7) is 7.17. The minimum atomic E-state index is -0.727. The van der Waals surface area contributed by atoms with Crippen molar-refractivity contribution in [2.45, 2.75) is 50.6 Å². The highest BCUT2D eigenvalue weighted by Crippen LogP contribution is 2.38. The highest BCUT2D eigenvalue weighted by Gasteiger charge is 2.48. The molecule has 154 valence electrons. The topological polar surface area (TPSA) is 32.3 Å². The van der Waals surface area contributed by atoms with E-state index in [1.165, 1.54) is 18.4 Å². The minimum Gasteiger partial charge on any atom is -0.301 e. The standard InChI is InChI=1S/C24H28Cl2N2O/c1-23(2)15-18-7-3-4-8-19(18)24(27-23,16-28-11-5-6-12-28)22(29)14-17-9-10-20(25)21(26)13-17/h3-4,7-10,13,27H,5-6,11-12,14-16H2,1-2H3. The lowest BCUT2D eigenvalue weighted by atomic mass is 9.72. The Morgan fingerprint density at radius 2 is 1.79 bits per heavy atom. The Morgan fingerprint density at radius 3 is 2.52 bits per heavy atom. The molecule has 0 amide bonds. The molecule has 0 spiro atoms. The van der Waals surface area contributed by atoms with Crippen LogP contribution in [0.15, 0.2) is 42.5 Å². The lowest BCUT2D eigenvalue weighted by Gasteiger charge is -2.48. The fourth-order valence-corrected chi connectivity index (χ4v) is 5.27. The molecule has 0 bridgehead atoms. The number of likely N-dealkylation sites (tertiary alicyclic amines) is 1. The van der Waals surface area contributed by atoms with Crippen molar-refractivity contribution in [3.05, 3.63) is 69.2 Å². The van der Waals surface area contributed by atoms with Gasteiger partial charge in [0.15, 0.2) is 5.78 Å². The van der Waals surface area contributed by atoms with Gasteiger partial charge in [0.2, 0.25) is 0 Å². The molecule has 1 unspecified atom stereocenters. The largest absolute Gasteiger partial charge is 0.301 e. The number of fused-ring (bicyclic) bond motifs is 1. The van der Waals surface area contributed by atoms with Gasteiger partial charge in [0.05, 0.1) is 10.0 Å². The second kappa shape index (κ2) is 8.03. The van der Waals surface area contributed by atoms with Gasteiger partial charge in [-0.2, -0.15) is 0 Å². The summed E-state index contributed by atoms with van der Waals surface area (Å²) in [6.07, 6.45) is 3.62. The third-order valence-corrected chi connectivity index (χ3v) is 6.88. The molecule has 0 radical (unpaired) electrons. The minimum absolute atomic E-state index is 0.165. The van der Waals surface area contributed by atoms with Gasteiger partial charge in [-0.05, 0) is 75.0 Å². The molecule has 0 aromatic heterocycles. The van der Waals surface area contributed by atoms with Crippen molar-refractivity contribution in [1.29, 1.82) is 0 Å². The first-order chi connectivity index (χ1) is 13.8. The van der Waals surface area contributed by atoms with Crippen molar-refractivity contribution in [3.8, 4) is 0 Å². The maximum absolute atomic E-state index is 14.0. The number of carbonyl (C=O) groups excluding carboxylic acids is 1. The number of Topliss-reactive ketones (excluding diaryl/α,β-unsaturated/α-hetero) is 1. The molecule has 29 heavy (non-hydrogen) atoms. The summed E-state index contributed by atoms with van der Waals surface area (Å²) in [5, 5.41) is 4.78. The van der Waals surface area contributed by atoms with E-state index in [9.17, 15) is 4.79 Å². The highest BCUT2D eigenvalue weighted by atomic mass is 35.5. The number of nitrogens with zero attached hydrogens (tertiary/aromatic N) is 1. The fourth-order valence-electron chi connectivity index (χ4n) is 4.95. The SMILES string of the molecule is CC1(C)Cc2ccccc2C(CN2CCCC2)(C(=O)Cc2ccc(Cl)c(Cl)c2)N1. The smallest absolute Gasteiger partial charge is 0.163 e. The number of carbonyl (C=O) groups is 1. The zero-order valence-electron chi connectivity index (χ0n) is 17.1. The van der Waals surface area contributed by atoms with Crippen molar-refractivity contribution >= 4 is 29.0 Å². The second-order valence-electron chi connectivity index (χ2n) is 9.08. The van der Waals surface area contributed by atoms with E-state index in [1.54, 1.807) is 6.07 Å². The highest BCUT2D eigenvalue weighted by molar-refractivity contribution is 6.42. The summed E-state index contributed by atoms with van der Waals surface area (Å²) in [5.74, 6) is 0.183. The quantitative estimate of drug-likeness (QED) is 0.722. The van der Waals surface area contributed by atoms with Gasteiger partial charge in [-0.25, -0.2) is 0 Å². The van der Waals surface area contributed by atoms with Gasteiger partial charge in [-0.15, -0.1) is 0 Å². The number of rotatable bonds is 5. The molecule has 0 aliphatic carbocycles. The molecule has 1 saturated heterocycles. The summed E-state index contributed by atoms with van der Waals surface area (Å²) in [7, 11) is 0. The molecule has 0 saturated carbocycles. The number of halogens is 2. The van der Waals surface area contributed by atoms with Crippen LogP contribution in [0.2, 0.25) is 10.0 Å². The van der Waals surface area contributed by atoms with Crippen LogP contribution in [0.25, 0.3) is 0 Å². The molecule has 2 aliphatic rings. The lowest BCUT2D eigenvalue weighted by molar-refractivity contribution is -0.127. The van der Waals surface area contributed by atoms with Crippen molar-refractivity contribution in [1.82, 2.24) is 10.2 Å². The molecular weight excluding hydrogens is 403 g/mol. The predicted molar refractivity (Wildman–Crippen MR) is 120 cm³/mol. The normalized spacial score (nSPS) is 23.7. The van der Waals surface area contributed by atoms with E-state index in [4.69, 9.17) is 23.2 Å². The monoisotopic (exact) mass is 430 g/mol. The Balaban J connectivity index is 1.76. The fraction of sp³-hybridized carbons (Fsp3) is 0.458. The van der Waals surface area contributed by atoms with Gasteiger partial charge in [-0.3, -0.25) is 10.1 Å². The van der Waals surface area contributed by atoms with E-state index in [1.807, 2.05) is 18.2 Å². The Labute approximate surface area is 183 Å². The molecule has 1 fully saturated rings. The first-order valence-corrected chi connectivity index (χ1v) is 11.1. The molecule has 2 aromatic carbocycles. The van der Waals surface area contributed by atoms with E-state index < -0.39 is 5.54 Å². The van der Waals surface area contributed by atoms with Crippen LogP contribution in [-0.4, -0.2) is 35.9 Å². The van der Waals surface area contributed by atoms with E-state index in [-0.39, 0.29) is 11.3 Å². The van der Waals surface area contributed by atoms with Crippen LogP contribution in [-0.2, 0) is 23.2 Å². The van der Waals surface area contributed by atoms with E-state index in [2.05, 4.69) is 42.3 Å². The van der Waals surface area contributed by atoms with E-state index in [0.29, 0.717) is 23.0 Å². The van der Waals surface area contributed by atoms with Crippen LogP contribution >= 0.6 is 23.2 Å². The second-order valence-corrected chi connectivity index (χ2v) is 9.89. The molecule has 2 aliphatic heterocycles. The molecule has 5 heteroatoms. The van der Waals surface area contributed by atoms with Gasteiger partial charge in [0, 0.05) is 18.5 Å². The van der Waals surface area contributed by atoms with Gasteiger partial charge in [-0.1, -0.05) is 53.5 Å². The Bertz CT molecular complexity index is 921. The van der Waals surface area contributed by atoms with Crippen LogP contribution in [0.1, 0.15) is 43.4 Å².